The summed E-state index contributed by atoms with van der Waals surface area (Å²) in [5.41, 5.74) is 1.72. The van der Waals surface area contributed by atoms with Crippen molar-refractivity contribution < 1.29 is 13.2 Å². The topological polar surface area (TPSA) is 68.5 Å². The van der Waals surface area contributed by atoms with E-state index in [9.17, 15) is 13.2 Å². The number of thiazole rings is 1. The SMILES string of the molecule is C=CCn1c(=NC(=O)Cc2ccc(S(=O)(=O)CC)cc2)sc2cc(Br)ccc21. The number of carbonyl (C=O) groups is 1. The molecule has 0 bridgehead atoms. The molecule has 5 nitrogen and oxygen atoms in total. The Labute approximate surface area is 176 Å². The van der Waals surface area contributed by atoms with Crippen LogP contribution in [0.5, 0.6) is 0 Å². The van der Waals surface area contributed by atoms with Crippen LogP contribution >= 0.6 is 27.3 Å². The maximum absolute atomic E-state index is 12.5. The highest BCUT2D eigenvalue weighted by molar-refractivity contribution is 9.10. The van der Waals surface area contributed by atoms with Crippen LogP contribution in [0.4, 0.5) is 0 Å². The second kappa shape index (κ2) is 8.55. The number of benzene rings is 2. The Bertz CT molecular complexity index is 1210. The van der Waals surface area contributed by atoms with E-state index in [1.165, 1.54) is 23.5 Å². The highest BCUT2D eigenvalue weighted by atomic mass is 79.9. The zero-order chi connectivity index (χ0) is 20.3. The zero-order valence-electron chi connectivity index (χ0n) is 15.3. The summed E-state index contributed by atoms with van der Waals surface area (Å²) in [7, 11) is -3.25. The number of aromatic nitrogens is 1. The minimum Gasteiger partial charge on any atom is -0.313 e. The molecule has 0 atom stereocenters. The molecule has 28 heavy (non-hydrogen) atoms. The van der Waals surface area contributed by atoms with Gasteiger partial charge in [-0.1, -0.05) is 52.4 Å². The molecule has 0 fully saturated rings. The molecule has 0 unspecified atom stereocenters. The van der Waals surface area contributed by atoms with Crippen LogP contribution in [0.15, 0.2) is 69.5 Å². The molecule has 3 aromatic rings. The van der Waals surface area contributed by atoms with Crippen molar-refractivity contribution in [2.75, 3.05) is 5.75 Å². The molecule has 146 valence electrons. The standard InChI is InChI=1S/C20H19BrN2O3S2/c1-3-11-23-17-10-7-15(21)13-18(17)27-20(23)22-19(24)12-14-5-8-16(9-6-14)28(25,26)4-2/h3,5-10,13H,1,4,11-12H2,2H3. The molecule has 0 aliphatic rings. The molecule has 0 saturated carbocycles. The largest absolute Gasteiger partial charge is 0.313 e. The lowest BCUT2D eigenvalue weighted by Crippen LogP contribution is -2.17. The number of halogens is 1. The van der Waals surface area contributed by atoms with E-state index in [0.29, 0.717) is 11.3 Å². The fourth-order valence-corrected chi connectivity index (χ4v) is 5.23. The third kappa shape index (κ3) is 4.51. The van der Waals surface area contributed by atoms with E-state index in [0.717, 1.165) is 20.3 Å². The molecule has 0 aliphatic heterocycles. The summed E-state index contributed by atoms with van der Waals surface area (Å²) in [6.45, 7) is 5.94. The normalized spacial score (nSPS) is 12.4. The van der Waals surface area contributed by atoms with E-state index in [-0.39, 0.29) is 23.0 Å². The van der Waals surface area contributed by atoms with E-state index in [2.05, 4.69) is 27.5 Å². The summed E-state index contributed by atoms with van der Waals surface area (Å²) in [4.78, 5) is 17.7. The number of allylic oxidation sites excluding steroid dienone is 1. The summed E-state index contributed by atoms with van der Waals surface area (Å²) >= 11 is 4.91. The molecule has 1 amide bonds. The molecule has 8 heteroatoms. The van der Waals surface area contributed by atoms with E-state index in [1.54, 1.807) is 25.1 Å². The minimum atomic E-state index is -3.25. The van der Waals surface area contributed by atoms with Gasteiger partial charge in [-0.3, -0.25) is 4.79 Å². The Morgan fingerprint density at radius 2 is 1.96 bits per heavy atom. The number of carbonyl (C=O) groups excluding carboxylic acids is 1. The van der Waals surface area contributed by atoms with Crippen molar-refractivity contribution in [2.45, 2.75) is 24.8 Å². The van der Waals surface area contributed by atoms with Gasteiger partial charge < -0.3 is 4.57 Å². The number of hydrogen-bond donors (Lipinski definition) is 0. The summed E-state index contributed by atoms with van der Waals surface area (Å²) in [5.74, 6) is -0.235. The Morgan fingerprint density at radius 3 is 2.61 bits per heavy atom. The monoisotopic (exact) mass is 478 g/mol. The molecular formula is C20H19BrN2O3S2. The predicted molar refractivity (Wildman–Crippen MR) is 116 cm³/mol. The van der Waals surface area contributed by atoms with Crippen LogP contribution in [-0.4, -0.2) is 24.6 Å². The van der Waals surface area contributed by atoms with E-state index < -0.39 is 9.84 Å². The van der Waals surface area contributed by atoms with Crippen LogP contribution in [0.3, 0.4) is 0 Å². The van der Waals surface area contributed by atoms with Crippen molar-refractivity contribution in [3.8, 4) is 0 Å². The molecular weight excluding hydrogens is 460 g/mol. The summed E-state index contributed by atoms with van der Waals surface area (Å²) in [6, 6.07) is 12.3. The molecule has 0 N–H and O–H groups in total. The second-order valence-corrected chi connectivity index (χ2v) is 10.3. The van der Waals surface area contributed by atoms with Crippen LogP contribution in [-0.2, 0) is 27.6 Å². The first-order valence-electron chi connectivity index (χ1n) is 8.63. The van der Waals surface area contributed by atoms with Crippen LogP contribution in [0.2, 0.25) is 0 Å². The molecule has 1 heterocycles. The van der Waals surface area contributed by atoms with Gasteiger partial charge in [0.1, 0.15) is 0 Å². The van der Waals surface area contributed by atoms with Crippen LogP contribution < -0.4 is 4.80 Å². The zero-order valence-corrected chi connectivity index (χ0v) is 18.5. The first-order chi connectivity index (χ1) is 13.3. The lowest BCUT2D eigenvalue weighted by molar-refractivity contribution is -0.117. The van der Waals surface area contributed by atoms with Gasteiger partial charge in [-0.05, 0) is 35.9 Å². The van der Waals surface area contributed by atoms with Gasteiger partial charge in [-0.15, -0.1) is 6.58 Å². The van der Waals surface area contributed by atoms with Gasteiger partial charge in [-0.25, -0.2) is 8.42 Å². The smallest absolute Gasteiger partial charge is 0.252 e. The van der Waals surface area contributed by atoms with Gasteiger partial charge in [-0.2, -0.15) is 4.99 Å². The number of nitrogens with zero attached hydrogens (tertiary/aromatic N) is 2. The predicted octanol–water partition coefficient (Wildman–Crippen LogP) is 4.11. The van der Waals surface area contributed by atoms with Crippen molar-refractivity contribution in [1.82, 2.24) is 4.57 Å². The van der Waals surface area contributed by atoms with Gasteiger partial charge in [0.25, 0.3) is 5.91 Å². The molecule has 0 aliphatic carbocycles. The van der Waals surface area contributed by atoms with Gasteiger partial charge in [0.05, 0.1) is 27.3 Å². The lowest BCUT2D eigenvalue weighted by Gasteiger charge is -2.03. The highest BCUT2D eigenvalue weighted by Crippen LogP contribution is 2.22. The third-order valence-corrected chi connectivity index (χ3v) is 7.48. The molecule has 3 rings (SSSR count). The van der Waals surface area contributed by atoms with Crippen molar-refractivity contribution in [2.24, 2.45) is 4.99 Å². The summed E-state index contributed by atoms with van der Waals surface area (Å²) in [5, 5.41) is 0. The van der Waals surface area contributed by atoms with Crippen LogP contribution in [0.1, 0.15) is 12.5 Å². The van der Waals surface area contributed by atoms with Crippen LogP contribution in [0, 0.1) is 0 Å². The number of sulfone groups is 1. The maximum Gasteiger partial charge on any atom is 0.252 e. The van der Waals surface area contributed by atoms with Crippen molar-refractivity contribution in [1.29, 1.82) is 0 Å². The molecule has 0 radical (unpaired) electrons. The summed E-state index contributed by atoms with van der Waals surface area (Å²) in [6.07, 6.45) is 1.88. The van der Waals surface area contributed by atoms with Gasteiger partial charge in [0, 0.05) is 11.0 Å². The first kappa shape index (κ1) is 20.7. The van der Waals surface area contributed by atoms with Crippen molar-refractivity contribution >= 4 is 53.2 Å². The lowest BCUT2D eigenvalue weighted by atomic mass is 10.1. The van der Waals surface area contributed by atoms with Gasteiger partial charge >= 0.3 is 0 Å². The number of amides is 1. The highest BCUT2D eigenvalue weighted by Gasteiger charge is 2.12. The molecule has 0 spiro atoms. The van der Waals surface area contributed by atoms with Crippen LogP contribution in [0.25, 0.3) is 10.2 Å². The first-order valence-corrected chi connectivity index (χ1v) is 11.9. The average Bonchev–Trinajstić information content (AvgIpc) is 2.98. The Kier molecular flexibility index (Phi) is 6.32. The Hall–Kier alpha value is -2.03. The van der Waals surface area contributed by atoms with E-state index >= 15 is 0 Å². The Morgan fingerprint density at radius 1 is 1.25 bits per heavy atom. The third-order valence-electron chi connectivity index (χ3n) is 4.19. The van der Waals surface area contributed by atoms with Gasteiger partial charge in [0.2, 0.25) is 0 Å². The molecule has 2 aromatic carbocycles. The fourth-order valence-electron chi connectivity index (χ4n) is 2.74. The Balaban J connectivity index is 1.90. The second-order valence-electron chi connectivity index (χ2n) is 6.13. The fraction of sp³-hybridized carbons (Fsp3) is 0.200. The maximum atomic E-state index is 12.5. The van der Waals surface area contributed by atoms with Crippen molar-refractivity contribution in [3.63, 3.8) is 0 Å². The quantitative estimate of drug-likeness (QED) is 0.500. The van der Waals surface area contributed by atoms with E-state index in [1.807, 2.05) is 22.8 Å². The van der Waals surface area contributed by atoms with E-state index in [4.69, 9.17) is 0 Å². The summed E-state index contributed by atoms with van der Waals surface area (Å²) < 4.78 is 27.7. The average molecular weight is 479 g/mol. The van der Waals surface area contributed by atoms with Gasteiger partial charge in [0.15, 0.2) is 14.6 Å². The minimum absolute atomic E-state index is 0.0476. The number of hydrogen-bond acceptors (Lipinski definition) is 4. The van der Waals surface area contributed by atoms with Crippen molar-refractivity contribution in [3.05, 3.63) is 70.0 Å². The number of rotatable bonds is 6. The molecule has 0 saturated heterocycles. The number of fused-ring (bicyclic) bond motifs is 1. The molecule has 1 aromatic heterocycles.